The summed E-state index contributed by atoms with van der Waals surface area (Å²) in [5.74, 6) is 1.46. The molecule has 1 aromatic carbocycles. The predicted octanol–water partition coefficient (Wildman–Crippen LogP) is 2.82. The van der Waals surface area contributed by atoms with Crippen LogP contribution in [0.15, 0.2) is 18.2 Å². The molecule has 1 aliphatic rings. The zero-order valence-electron chi connectivity index (χ0n) is 8.92. The van der Waals surface area contributed by atoms with Gasteiger partial charge in [0.2, 0.25) is 0 Å². The van der Waals surface area contributed by atoms with Crippen LogP contribution in [0.25, 0.3) is 0 Å². The van der Waals surface area contributed by atoms with Gasteiger partial charge in [-0.2, -0.15) is 0 Å². The molecule has 1 saturated heterocycles. The average molecular weight is 226 g/mol. The van der Waals surface area contributed by atoms with Crippen LogP contribution >= 0.6 is 11.6 Å². The monoisotopic (exact) mass is 225 g/mol. The quantitative estimate of drug-likeness (QED) is 0.836. The van der Waals surface area contributed by atoms with E-state index in [4.69, 9.17) is 16.3 Å². The first kappa shape index (κ1) is 10.8. The summed E-state index contributed by atoms with van der Waals surface area (Å²) in [6.07, 6.45) is 2.28. The molecule has 0 aliphatic carbocycles. The molecule has 2 nitrogen and oxygen atoms in total. The Morgan fingerprint density at radius 1 is 1.33 bits per heavy atom. The number of halogens is 1. The number of rotatable bonds is 2. The van der Waals surface area contributed by atoms with Crippen molar-refractivity contribution in [3.05, 3.63) is 28.8 Å². The van der Waals surface area contributed by atoms with Crippen molar-refractivity contribution in [3.8, 4) is 5.75 Å². The first-order valence-electron chi connectivity index (χ1n) is 5.36. The van der Waals surface area contributed by atoms with Crippen molar-refractivity contribution >= 4 is 11.6 Å². The zero-order valence-corrected chi connectivity index (χ0v) is 9.68. The molecule has 0 aromatic heterocycles. The lowest BCUT2D eigenvalue weighted by Gasteiger charge is -2.25. The van der Waals surface area contributed by atoms with Crippen LogP contribution in [0.2, 0.25) is 5.02 Å². The van der Waals surface area contributed by atoms with Crippen LogP contribution in [-0.4, -0.2) is 20.2 Å². The second kappa shape index (κ2) is 4.86. The van der Waals surface area contributed by atoms with Gasteiger partial charge in [0.1, 0.15) is 5.75 Å². The van der Waals surface area contributed by atoms with E-state index in [0.717, 1.165) is 36.7 Å². The van der Waals surface area contributed by atoms with E-state index in [1.807, 2.05) is 18.2 Å². The largest absolute Gasteiger partial charge is 0.496 e. The summed E-state index contributed by atoms with van der Waals surface area (Å²) < 4.78 is 5.37. The highest BCUT2D eigenvalue weighted by Crippen LogP contribution is 2.37. The number of methoxy groups -OCH3 is 1. The Hall–Kier alpha value is -0.730. The van der Waals surface area contributed by atoms with Crippen LogP contribution in [0.1, 0.15) is 24.3 Å². The number of benzene rings is 1. The summed E-state index contributed by atoms with van der Waals surface area (Å²) in [4.78, 5) is 0. The normalized spacial score (nSPS) is 17.7. The van der Waals surface area contributed by atoms with Gasteiger partial charge in [-0.05, 0) is 44.0 Å². The van der Waals surface area contributed by atoms with E-state index in [9.17, 15) is 0 Å². The van der Waals surface area contributed by atoms with E-state index in [1.165, 1.54) is 5.56 Å². The van der Waals surface area contributed by atoms with Crippen LogP contribution in [0, 0.1) is 0 Å². The summed E-state index contributed by atoms with van der Waals surface area (Å²) >= 11 is 6.24. The van der Waals surface area contributed by atoms with E-state index >= 15 is 0 Å². The SMILES string of the molecule is COc1cccc(Cl)c1C1CCNCC1. The van der Waals surface area contributed by atoms with E-state index in [0.29, 0.717) is 5.92 Å². The van der Waals surface area contributed by atoms with Crippen molar-refractivity contribution in [1.29, 1.82) is 0 Å². The maximum Gasteiger partial charge on any atom is 0.123 e. The Morgan fingerprint density at radius 2 is 2.07 bits per heavy atom. The minimum atomic E-state index is 0.537. The Kier molecular flexibility index (Phi) is 3.49. The molecule has 15 heavy (non-hydrogen) atoms. The second-order valence-electron chi connectivity index (χ2n) is 3.88. The second-order valence-corrected chi connectivity index (χ2v) is 4.29. The fraction of sp³-hybridized carbons (Fsp3) is 0.500. The summed E-state index contributed by atoms with van der Waals surface area (Å²) in [6, 6.07) is 5.87. The standard InChI is InChI=1S/C12H16ClNO/c1-15-11-4-2-3-10(13)12(11)9-5-7-14-8-6-9/h2-4,9,14H,5-8H2,1H3. The number of nitrogens with one attached hydrogen (secondary N) is 1. The maximum absolute atomic E-state index is 6.24. The lowest BCUT2D eigenvalue weighted by atomic mass is 9.89. The Balaban J connectivity index is 2.31. The van der Waals surface area contributed by atoms with E-state index in [-0.39, 0.29) is 0 Å². The van der Waals surface area contributed by atoms with Gasteiger partial charge >= 0.3 is 0 Å². The predicted molar refractivity (Wildman–Crippen MR) is 62.8 cm³/mol. The van der Waals surface area contributed by atoms with Gasteiger partial charge in [0.05, 0.1) is 7.11 Å². The lowest BCUT2D eigenvalue weighted by molar-refractivity contribution is 0.392. The van der Waals surface area contributed by atoms with E-state index in [2.05, 4.69) is 5.32 Å². The smallest absolute Gasteiger partial charge is 0.123 e. The first-order chi connectivity index (χ1) is 7.33. The van der Waals surface area contributed by atoms with Gasteiger partial charge in [-0.15, -0.1) is 0 Å². The van der Waals surface area contributed by atoms with Crippen molar-refractivity contribution < 1.29 is 4.74 Å². The molecule has 0 unspecified atom stereocenters. The topological polar surface area (TPSA) is 21.3 Å². The molecule has 0 saturated carbocycles. The van der Waals surface area contributed by atoms with Crippen LogP contribution in [-0.2, 0) is 0 Å². The molecular weight excluding hydrogens is 210 g/mol. The molecule has 1 heterocycles. The van der Waals surface area contributed by atoms with Crippen molar-refractivity contribution in [1.82, 2.24) is 5.32 Å². The van der Waals surface area contributed by atoms with Gasteiger partial charge in [0, 0.05) is 10.6 Å². The molecule has 0 amide bonds. The van der Waals surface area contributed by atoms with Crippen LogP contribution in [0.4, 0.5) is 0 Å². The van der Waals surface area contributed by atoms with Gasteiger partial charge in [-0.1, -0.05) is 17.7 Å². The van der Waals surface area contributed by atoms with Crippen molar-refractivity contribution in [2.75, 3.05) is 20.2 Å². The van der Waals surface area contributed by atoms with Gasteiger partial charge in [0.15, 0.2) is 0 Å². The van der Waals surface area contributed by atoms with Gasteiger partial charge < -0.3 is 10.1 Å². The van der Waals surface area contributed by atoms with Crippen molar-refractivity contribution in [2.24, 2.45) is 0 Å². The van der Waals surface area contributed by atoms with Gasteiger partial charge in [0.25, 0.3) is 0 Å². The Morgan fingerprint density at radius 3 is 2.73 bits per heavy atom. The summed E-state index contributed by atoms with van der Waals surface area (Å²) in [6.45, 7) is 2.14. The molecule has 82 valence electrons. The van der Waals surface area contributed by atoms with Crippen LogP contribution < -0.4 is 10.1 Å². The fourth-order valence-electron chi connectivity index (χ4n) is 2.20. The molecule has 1 fully saturated rings. The number of piperidine rings is 1. The highest BCUT2D eigenvalue weighted by atomic mass is 35.5. The Labute approximate surface area is 95.6 Å². The molecule has 1 aliphatic heterocycles. The molecule has 0 radical (unpaired) electrons. The Bertz CT molecular complexity index is 334. The van der Waals surface area contributed by atoms with Crippen molar-refractivity contribution in [2.45, 2.75) is 18.8 Å². The number of hydrogen-bond acceptors (Lipinski definition) is 2. The molecule has 1 N–H and O–H groups in total. The highest BCUT2D eigenvalue weighted by molar-refractivity contribution is 6.31. The molecular formula is C12H16ClNO. The molecule has 0 atom stereocenters. The van der Waals surface area contributed by atoms with Gasteiger partial charge in [-0.25, -0.2) is 0 Å². The molecule has 1 aromatic rings. The molecule has 0 bridgehead atoms. The van der Waals surface area contributed by atoms with Gasteiger partial charge in [-0.3, -0.25) is 0 Å². The summed E-state index contributed by atoms with van der Waals surface area (Å²) in [5, 5.41) is 4.19. The highest BCUT2D eigenvalue weighted by Gasteiger charge is 2.21. The zero-order chi connectivity index (χ0) is 10.7. The molecule has 0 spiro atoms. The van der Waals surface area contributed by atoms with E-state index < -0.39 is 0 Å². The average Bonchev–Trinajstić information content (AvgIpc) is 2.29. The minimum absolute atomic E-state index is 0.537. The third-order valence-corrected chi connectivity index (χ3v) is 3.31. The summed E-state index contributed by atoms with van der Waals surface area (Å²) in [5.41, 5.74) is 1.18. The fourth-order valence-corrected chi connectivity index (χ4v) is 2.52. The lowest BCUT2D eigenvalue weighted by Crippen LogP contribution is -2.27. The molecule has 2 rings (SSSR count). The summed E-state index contributed by atoms with van der Waals surface area (Å²) in [7, 11) is 1.70. The minimum Gasteiger partial charge on any atom is -0.496 e. The van der Waals surface area contributed by atoms with E-state index in [1.54, 1.807) is 7.11 Å². The number of ether oxygens (including phenoxy) is 1. The van der Waals surface area contributed by atoms with Crippen LogP contribution in [0.5, 0.6) is 5.75 Å². The third kappa shape index (κ3) is 2.27. The maximum atomic E-state index is 6.24. The number of hydrogen-bond donors (Lipinski definition) is 1. The van der Waals surface area contributed by atoms with Crippen molar-refractivity contribution in [3.63, 3.8) is 0 Å². The third-order valence-electron chi connectivity index (χ3n) is 2.98. The van der Waals surface area contributed by atoms with Crippen LogP contribution in [0.3, 0.4) is 0 Å². The first-order valence-corrected chi connectivity index (χ1v) is 5.74. The molecule has 3 heteroatoms.